The number of hydrogen-bond donors (Lipinski definition) is 1. The van der Waals surface area contributed by atoms with E-state index in [1.54, 1.807) is 4.90 Å². The van der Waals surface area contributed by atoms with Crippen molar-refractivity contribution < 1.29 is 14.3 Å². The molecule has 0 radical (unpaired) electrons. The number of piperidine rings is 1. The zero-order valence-electron chi connectivity index (χ0n) is 15.4. The van der Waals surface area contributed by atoms with Crippen LogP contribution in [0.15, 0.2) is 24.3 Å². The molecule has 3 heterocycles. The van der Waals surface area contributed by atoms with Crippen LogP contribution in [0.25, 0.3) is 0 Å². The van der Waals surface area contributed by atoms with Crippen LogP contribution in [0, 0.1) is 0 Å². The third kappa shape index (κ3) is 4.45. The summed E-state index contributed by atoms with van der Waals surface area (Å²) in [5.74, 6) is 0.0460. The smallest absolute Gasteiger partial charge is 0.239 e. The Balaban J connectivity index is 1.28. The Hall–Kier alpha value is -1.63. The first kappa shape index (κ1) is 18.7. The van der Waals surface area contributed by atoms with Crippen molar-refractivity contribution in [3.63, 3.8) is 0 Å². The zero-order valence-corrected chi connectivity index (χ0v) is 16.2. The molecular weight excluding hydrogens is 366 g/mol. The van der Waals surface area contributed by atoms with Gasteiger partial charge in [-0.3, -0.25) is 14.5 Å². The molecule has 2 amide bonds. The number of halogens is 1. The summed E-state index contributed by atoms with van der Waals surface area (Å²) in [6, 6.07) is 8.27. The first-order chi connectivity index (χ1) is 13.1. The van der Waals surface area contributed by atoms with Crippen LogP contribution in [0.5, 0.6) is 0 Å². The van der Waals surface area contributed by atoms with Crippen molar-refractivity contribution in [2.24, 2.45) is 0 Å². The third-order valence-corrected chi connectivity index (χ3v) is 6.03. The highest BCUT2D eigenvalue weighted by Gasteiger charge is 2.38. The first-order valence-electron chi connectivity index (χ1n) is 9.77. The normalized spacial score (nSPS) is 28.9. The Morgan fingerprint density at radius 1 is 1.22 bits per heavy atom. The Morgan fingerprint density at radius 3 is 2.81 bits per heavy atom. The maximum atomic E-state index is 12.4. The molecular formula is C20H26ClN3O3. The quantitative estimate of drug-likeness (QED) is 0.852. The average Bonchev–Trinajstić information content (AvgIpc) is 3.05. The van der Waals surface area contributed by atoms with E-state index in [4.69, 9.17) is 16.3 Å². The molecule has 0 saturated carbocycles. The number of nitrogens with zero attached hydrogens (tertiary/aromatic N) is 2. The highest BCUT2D eigenvalue weighted by molar-refractivity contribution is 6.30. The topological polar surface area (TPSA) is 61.9 Å². The van der Waals surface area contributed by atoms with Crippen molar-refractivity contribution in [2.45, 2.75) is 43.9 Å². The van der Waals surface area contributed by atoms with Crippen molar-refractivity contribution in [2.75, 3.05) is 32.8 Å². The minimum Gasteiger partial charge on any atom is -0.371 e. The molecule has 27 heavy (non-hydrogen) atoms. The van der Waals surface area contributed by atoms with Gasteiger partial charge in [-0.15, -0.1) is 0 Å². The zero-order chi connectivity index (χ0) is 18.8. The molecule has 7 heteroatoms. The van der Waals surface area contributed by atoms with Crippen molar-refractivity contribution in [1.29, 1.82) is 0 Å². The summed E-state index contributed by atoms with van der Waals surface area (Å²) in [4.78, 5) is 28.3. The average molecular weight is 392 g/mol. The number of carbonyl (C=O) groups excluding carboxylic acids is 2. The minimum absolute atomic E-state index is 0.0407. The number of carbonyl (C=O) groups is 2. The Labute approximate surface area is 164 Å². The highest BCUT2D eigenvalue weighted by Crippen LogP contribution is 2.30. The summed E-state index contributed by atoms with van der Waals surface area (Å²) in [7, 11) is 0. The summed E-state index contributed by atoms with van der Waals surface area (Å²) in [6.45, 7) is 3.21. The lowest BCUT2D eigenvalue weighted by molar-refractivity contribution is -0.138. The van der Waals surface area contributed by atoms with E-state index in [-0.39, 0.29) is 30.5 Å². The molecule has 1 N–H and O–H groups in total. The molecule has 3 atom stereocenters. The van der Waals surface area contributed by atoms with Gasteiger partial charge in [0.25, 0.3) is 0 Å². The third-order valence-electron chi connectivity index (χ3n) is 5.78. The minimum atomic E-state index is -0.0507. The maximum Gasteiger partial charge on any atom is 0.239 e. The van der Waals surface area contributed by atoms with Gasteiger partial charge in [-0.05, 0) is 37.0 Å². The number of ether oxygens (including phenoxy) is 1. The largest absolute Gasteiger partial charge is 0.371 e. The standard InChI is InChI=1S/C20H26ClN3O3/c21-15-6-4-14(5-7-15)18-11-24-10-16(9-17(24)13-27-18)22-19(25)12-23-8-2-1-3-20(23)26/h4-7,16-18H,1-3,8-13H2,(H,22,25)/t16-,17+,18-/m1/s1. The van der Waals surface area contributed by atoms with Gasteiger partial charge in [0.05, 0.1) is 19.3 Å². The Kier molecular flexibility index (Phi) is 5.66. The van der Waals surface area contributed by atoms with E-state index in [0.29, 0.717) is 25.6 Å². The Morgan fingerprint density at radius 2 is 2.04 bits per heavy atom. The summed E-state index contributed by atoms with van der Waals surface area (Å²) in [5, 5.41) is 3.84. The first-order valence-corrected chi connectivity index (χ1v) is 10.1. The van der Waals surface area contributed by atoms with E-state index in [9.17, 15) is 9.59 Å². The van der Waals surface area contributed by atoms with Gasteiger partial charge in [-0.1, -0.05) is 23.7 Å². The van der Waals surface area contributed by atoms with Crippen molar-refractivity contribution in [3.05, 3.63) is 34.9 Å². The Bertz CT molecular complexity index is 696. The van der Waals surface area contributed by atoms with Crippen molar-refractivity contribution >= 4 is 23.4 Å². The fourth-order valence-corrected chi connectivity index (χ4v) is 4.46. The summed E-state index contributed by atoms with van der Waals surface area (Å²) in [5.41, 5.74) is 1.13. The van der Waals surface area contributed by atoms with E-state index < -0.39 is 0 Å². The van der Waals surface area contributed by atoms with E-state index in [1.165, 1.54) is 0 Å². The molecule has 3 aliphatic heterocycles. The van der Waals surface area contributed by atoms with Gasteiger partial charge in [0.1, 0.15) is 0 Å². The number of fused-ring (bicyclic) bond motifs is 1. The second-order valence-corrected chi connectivity index (χ2v) is 8.19. The van der Waals surface area contributed by atoms with Crippen LogP contribution in [0.2, 0.25) is 5.02 Å². The molecule has 0 aliphatic carbocycles. The molecule has 6 nitrogen and oxygen atoms in total. The van der Waals surface area contributed by atoms with Crippen LogP contribution < -0.4 is 5.32 Å². The van der Waals surface area contributed by atoms with Gasteiger partial charge >= 0.3 is 0 Å². The van der Waals surface area contributed by atoms with Gasteiger partial charge in [0.2, 0.25) is 11.8 Å². The molecule has 3 aliphatic rings. The van der Waals surface area contributed by atoms with Gasteiger partial charge < -0.3 is 15.0 Å². The van der Waals surface area contributed by atoms with Crippen LogP contribution in [-0.4, -0.2) is 66.5 Å². The SMILES string of the molecule is O=C(CN1CCCCC1=O)N[C@@H]1C[C@H]2CO[C@@H](c3ccc(Cl)cc3)CN2C1. The van der Waals surface area contributed by atoms with Crippen LogP contribution in [-0.2, 0) is 14.3 Å². The molecule has 0 aromatic heterocycles. The maximum absolute atomic E-state index is 12.4. The van der Waals surface area contributed by atoms with Gasteiger partial charge in [0.15, 0.2) is 0 Å². The van der Waals surface area contributed by atoms with E-state index in [0.717, 1.165) is 42.9 Å². The predicted molar refractivity (Wildman–Crippen MR) is 102 cm³/mol. The van der Waals surface area contributed by atoms with E-state index >= 15 is 0 Å². The molecule has 3 fully saturated rings. The van der Waals surface area contributed by atoms with Crippen LogP contribution in [0.1, 0.15) is 37.4 Å². The number of rotatable bonds is 4. The summed E-state index contributed by atoms with van der Waals surface area (Å²) < 4.78 is 6.06. The van der Waals surface area contributed by atoms with Gasteiger partial charge in [-0.2, -0.15) is 0 Å². The van der Waals surface area contributed by atoms with Gasteiger partial charge in [0, 0.05) is 43.2 Å². The summed E-state index contributed by atoms with van der Waals surface area (Å²) >= 11 is 5.97. The van der Waals surface area contributed by atoms with Crippen molar-refractivity contribution in [3.8, 4) is 0 Å². The number of amides is 2. The fourth-order valence-electron chi connectivity index (χ4n) is 4.33. The van der Waals surface area contributed by atoms with Crippen LogP contribution in [0.3, 0.4) is 0 Å². The molecule has 0 unspecified atom stereocenters. The predicted octanol–water partition coefficient (Wildman–Crippen LogP) is 1.98. The molecule has 146 valence electrons. The second-order valence-electron chi connectivity index (χ2n) is 7.75. The lowest BCUT2D eigenvalue weighted by Gasteiger charge is -2.35. The van der Waals surface area contributed by atoms with Crippen LogP contribution >= 0.6 is 11.6 Å². The monoisotopic (exact) mass is 391 g/mol. The molecule has 4 rings (SSSR count). The second kappa shape index (κ2) is 8.17. The highest BCUT2D eigenvalue weighted by atomic mass is 35.5. The molecule has 0 spiro atoms. The molecule has 0 bridgehead atoms. The molecule has 1 aromatic rings. The summed E-state index contributed by atoms with van der Waals surface area (Å²) in [6.07, 6.45) is 3.43. The number of hydrogen-bond acceptors (Lipinski definition) is 4. The lowest BCUT2D eigenvalue weighted by Crippen LogP contribution is -2.46. The number of morpholine rings is 1. The van der Waals surface area contributed by atoms with E-state index in [1.807, 2.05) is 24.3 Å². The van der Waals surface area contributed by atoms with Crippen molar-refractivity contribution in [1.82, 2.24) is 15.1 Å². The number of likely N-dealkylation sites (tertiary alicyclic amines) is 1. The van der Waals surface area contributed by atoms with Gasteiger partial charge in [-0.25, -0.2) is 0 Å². The molecule has 1 aromatic carbocycles. The fraction of sp³-hybridized carbons (Fsp3) is 0.600. The number of nitrogens with one attached hydrogen (secondary N) is 1. The molecule has 3 saturated heterocycles. The number of benzene rings is 1. The van der Waals surface area contributed by atoms with Crippen LogP contribution in [0.4, 0.5) is 0 Å². The van der Waals surface area contributed by atoms with E-state index in [2.05, 4.69) is 10.2 Å². The lowest BCUT2D eigenvalue weighted by atomic mass is 10.1.